The Labute approximate surface area is 108 Å². The Morgan fingerprint density at radius 3 is 2.42 bits per heavy atom. The molecule has 0 heterocycles. The maximum atomic E-state index is 13.6. The van der Waals surface area contributed by atoms with Crippen LogP contribution < -0.4 is 4.74 Å². The number of ether oxygens (including phenoxy) is 1. The Balaban J connectivity index is 2.13. The summed E-state index contributed by atoms with van der Waals surface area (Å²) in [5, 5.41) is 17.3. The van der Waals surface area contributed by atoms with E-state index in [4.69, 9.17) is 15.1 Å². The number of halogens is 2. The van der Waals surface area contributed by atoms with Gasteiger partial charge in [0.2, 0.25) is 0 Å². The van der Waals surface area contributed by atoms with Crippen LogP contribution >= 0.6 is 0 Å². The SMILES string of the molecule is N#CCC1(COc2c(F)cc(C(=O)O)cc2F)CC1. The maximum Gasteiger partial charge on any atom is 0.335 e. The van der Waals surface area contributed by atoms with Gasteiger partial charge in [-0.25, -0.2) is 13.6 Å². The summed E-state index contributed by atoms with van der Waals surface area (Å²) in [6, 6.07) is 3.44. The average molecular weight is 267 g/mol. The molecule has 0 aliphatic heterocycles. The molecule has 1 aromatic carbocycles. The lowest BCUT2D eigenvalue weighted by molar-refractivity contribution is 0.0695. The molecule has 0 aromatic heterocycles. The van der Waals surface area contributed by atoms with Gasteiger partial charge in [0.15, 0.2) is 17.4 Å². The van der Waals surface area contributed by atoms with E-state index in [1.54, 1.807) is 0 Å². The molecule has 1 N–H and O–H groups in total. The molecule has 19 heavy (non-hydrogen) atoms. The van der Waals surface area contributed by atoms with Crippen LogP contribution in [-0.2, 0) is 0 Å². The van der Waals surface area contributed by atoms with Gasteiger partial charge in [-0.2, -0.15) is 5.26 Å². The molecule has 0 saturated heterocycles. The lowest BCUT2D eigenvalue weighted by Crippen LogP contribution is -2.14. The Hall–Kier alpha value is -2.16. The Morgan fingerprint density at radius 1 is 1.42 bits per heavy atom. The average Bonchev–Trinajstić information content (AvgIpc) is 3.08. The number of hydrogen-bond acceptors (Lipinski definition) is 3. The molecule has 0 spiro atoms. The van der Waals surface area contributed by atoms with Gasteiger partial charge in [-0.1, -0.05) is 0 Å². The number of nitrogens with zero attached hydrogens (tertiary/aromatic N) is 1. The predicted octanol–water partition coefficient (Wildman–Crippen LogP) is 2.74. The van der Waals surface area contributed by atoms with Crippen LogP contribution in [0.3, 0.4) is 0 Å². The second-order valence-electron chi connectivity index (χ2n) is 4.70. The molecule has 1 fully saturated rings. The van der Waals surface area contributed by atoms with E-state index in [1.165, 1.54) is 0 Å². The van der Waals surface area contributed by atoms with Crippen LogP contribution in [0, 0.1) is 28.4 Å². The number of carbonyl (C=O) groups is 1. The van der Waals surface area contributed by atoms with Crippen molar-refractivity contribution in [3.8, 4) is 11.8 Å². The molecule has 0 radical (unpaired) electrons. The minimum atomic E-state index is -1.41. The summed E-state index contributed by atoms with van der Waals surface area (Å²) in [6.45, 7) is 0.0564. The first kappa shape index (κ1) is 13.3. The van der Waals surface area contributed by atoms with Crippen molar-refractivity contribution in [2.24, 2.45) is 5.41 Å². The summed E-state index contributed by atoms with van der Waals surface area (Å²) in [5.74, 6) is -4.10. The minimum absolute atomic E-state index is 0.0564. The summed E-state index contributed by atoms with van der Waals surface area (Å²) < 4.78 is 32.2. The fourth-order valence-corrected chi connectivity index (χ4v) is 1.76. The summed E-state index contributed by atoms with van der Waals surface area (Å²) in [7, 11) is 0. The summed E-state index contributed by atoms with van der Waals surface area (Å²) >= 11 is 0. The zero-order valence-electron chi connectivity index (χ0n) is 9.95. The molecular formula is C13H11F2NO3. The first-order valence-electron chi connectivity index (χ1n) is 5.69. The van der Waals surface area contributed by atoms with E-state index in [2.05, 4.69) is 0 Å². The van der Waals surface area contributed by atoms with Crippen molar-refractivity contribution >= 4 is 5.97 Å². The lowest BCUT2D eigenvalue weighted by Gasteiger charge is -2.14. The predicted molar refractivity (Wildman–Crippen MR) is 60.7 cm³/mol. The number of carboxylic acid groups (broad SMARTS) is 1. The Kier molecular flexibility index (Phi) is 3.38. The van der Waals surface area contributed by atoms with Gasteiger partial charge in [-0.3, -0.25) is 0 Å². The Morgan fingerprint density at radius 2 is 2.00 bits per heavy atom. The highest BCUT2D eigenvalue weighted by molar-refractivity contribution is 5.87. The van der Waals surface area contributed by atoms with Gasteiger partial charge in [0.05, 0.1) is 18.2 Å². The third-order valence-corrected chi connectivity index (χ3v) is 3.18. The number of aromatic carboxylic acids is 1. The molecule has 1 aliphatic carbocycles. The zero-order valence-corrected chi connectivity index (χ0v) is 9.95. The van der Waals surface area contributed by atoms with E-state index in [1.807, 2.05) is 6.07 Å². The van der Waals surface area contributed by atoms with Gasteiger partial charge in [0.25, 0.3) is 0 Å². The van der Waals surface area contributed by atoms with Crippen molar-refractivity contribution in [1.29, 1.82) is 5.26 Å². The number of nitriles is 1. The van der Waals surface area contributed by atoms with Crippen molar-refractivity contribution in [3.05, 3.63) is 29.3 Å². The van der Waals surface area contributed by atoms with E-state index < -0.39 is 28.9 Å². The first-order chi connectivity index (χ1) is 8.97. The molecule has 0 atom stereocenters. The second-order valence-corrected chi connectivity index (χ2v) is 4.70. The molecule has 0 amide bonds. The molecule has 1 aromatic rings. The third kappa shape index (κ3) is 2.81. The van der Waals surface area contributed by atoms with Crippen LogP contribution in [0.25, 0.3) is 0 Å². The van der Waals surface area contributed by atoms with Crippen LogP contribution in [-0.4, -0.2) is 17.7 Å². The van der Waals surface area contributed by atoms with Crippen molar-refractivity contribution in [1.82, 2.24) is 0 Å². The molecule has 100 valence electrons. The largest absolute Gasteiger partial charge is 0.487 e. The van der Waals surface area contributed by atoms with Crippen molar-refractivity contribution in [3.63, 3.8) is 0 Å². The quantitative estimate of drug-likeness (QED) is 0.890. The van der Waals surface area contributed by atoms with Crippen LogP contribution in [0.15, 0.2) is 12.1 Å². The third-order valence-electron chi connectivity index (χ3n) is 3.18. The van der Waals surface area contributed by atoms with Gasteiger partial charge >= 0.3 is 5.97 Å². The molecule has 4 nitrogen and oxygen atoms in total. The molecule has 1 aliphatic rings. The number of carboxylic acids is 1. The van der Waals surface area contributed by atoms with E-state index in [0.29, 0.717) is 12.1 Å². The van der Waals surface area contributed by atoms with Gasteiger partial charge in [-0.15, -0.1) is 0 Å². The molecule has 2 rings (SSSR count). The maximum absolute atomic E-state index is 13.6. The summed E-state index contributed by atoms with van der Waals surface area (Å²) in [5.41, 5.74) is -0.778. The van der Waals surface area contributed by atoms with E-state index >= 15 is 0 Å². The number of benzene rings is 1. The molecular weight excluding hydrogens is 256 g/mol. The fraction of sp³-hybridized carbons (Fsp3) is 0.385. The van der Waals surface area contributed by atoms with Crippen LogP contribution in [0.1, 0.15) is 29.6 Å². The van der Waals surface area contributed by atoms with E-state index in [0.717, 1.165) is 12.8 Å². The highest BCUT2D eigenvalue weighted by atomic mass is 19.1. The van der Waals surface area contributed by atoms with E-state index in [-0.39, 0.29) is 18.4 Å². The first-order valence-corrected chi connectivity index (χ1v) is 5.69. The molecule has 6 heteroatoms. The smallest absolute Gasteiger partial charge is 0.335 e. The van der Waals surface area contributed by atoms with Crippen LogP contribution in [0.5, 0.6) is 5.75 Å². The second kappa shape index (κ2) is 4.84. The number of rotatable bonds is 5. The van der Waals surface area contributed by atoms with Gasteiger partial charge in [-0.05, 0) is 25.0 Å². The highest BCUT2D eigenvalue weighted by Gasteiger charge is 2.43. The highest BCUT2D eigenvalue weighted by Crippen LogP contribution is 2.48. The summed E-state index contributed by atoms with van der Waals surface area (Å²) in [4.78, 5) is 10.6. The topological polar surface area (TPSA) is 70.3 Å². The zero-order chi connectivity index (χ0) is 14.0. The molecule has 0 unspecified atom stereocenters. The lowest BCUT2D eigenvalue weighted by atomic mass is 10.1. The van der Waals surface area contributed by atoms with Crippen molar-refractivity contribution in [2.75, 3.05) is 6.61 Å². The van der Waals surface area contributed by atoms with Gasteiger partial charge in [0.1, 0.15) is 0 Å². The van der Waals surface area contributed by atoms with Gasteiger partial charge < -0.3 is 9.84 Å². The van der Waals surface area contributed by atoms with Crippen molar-refractivity contribution < 1.29 is 23.4 Å². The van der Waals surface area contributed by atoms with Crippen LogP contribution in [0.2, 0.25) is 0 Å². The van der Waals surface area contributed by atoms with E-state index in [9.17, 15) is 13.6 Å². The van der Waals surface area contributed by atoms with Crippen molar-refractivity contribution in [2.45, 2.75) is 19.3 Å². The summed E-state index contributed by atoms with van der Waals surface area (Å²) in [6.07, 6.45) is 1.86. The normalized spacial score (nSPS) is 15.6. The minimum Gasteiger partial charge on any atom is -0.487 e. The van der Waals surface area contributed by atoms with Crippen LogP contribution in [0.4, 0.5) is 8.78 Å². The monoisotopic (exact) mass is 267 g/mol. The standard InChI is InChI=1S/C13H11F2NO3/c14-9-5-8(12(17)18)6-10(15)11(9)19-7-13(1-2-13)3-4-16/h5-6H,1-3,7H2,(H,17,18). The van der Waals surface area contributed by atoms with Gasteiger partial charge in [0, 0.05) is 11.8 Å². The Bertz CT molecular complexity index is 538. The number of hydrogen-bond donors (Lipinski definition) is 1. The molecule has 0 bridgehead atoms. The fourth-order valence-electron chi connectivity index (χ4n) is 1.76. The molecule has 1 saturated carbocycles.